The van der Waals surface area contributed by atoms with E-state index in [2.05, 4.69) is 10.1 Å². The van der Waals surface area contributed by atoms with Crippen molar-refractivity contribution in [1.82, 2.24) is 19.5 Å². The highest BCUT2D eigenvalue weighted by atomic mass is 32.1. The van der Waals surface area contributed by atoms with Crippen molar-refractivity contribution in [3.05, 3.63) is 27.1 Å². The minimum absolute atomic E-state index is 0.147. The molecule has 7 nitrogen and oxygen atoms in total. The average Bonchev–Trinajstić information content (AvgIpc) is 2.81. The molecule has 21 heavy (non-hydrogen) atoms. The summed E-state index contributed by atoms with van der Waals surface area (Å²) >= 11 is 1.42. The van der Waals surface area contributed by atoms with Gasteiger partial charge in [0.05, 0.1) is 5.69 Å². The van der Waals surface area contributed by atoms with Crippen LogP contribution in [0.3, 0.4) is 0 Å². The maximum atomic E-state index is 12.0. The number of carboxylic acid groups (broad SMARTS) is 1. The minimum atomic E-state index is -0.794. The van der Waals surface area contributed by atoms with E-state index in [1.165, 1.54) is 21.9 Å². The smallest absolute Gasteiger partial charge is 0.303 e. The van der Waals surface area contributed by atoms with Gasteiger partial charge in [0, 0.05) is 19.0 Å². The summed E-state index contributed by atoms with van der Waals surface area (Å²) in [4.78, 5) is 29.5. The summed E-state index contributed by atoms with van der Waals surface area (Å²) < 4.78 is 1.33. The summed E-state index contributed by atoms with van der Waals surface area (Å²) in [6.45, 7) is 3.15. The number of nitrogens with zero attached hydrogens (tertiary/aromatic N) is 4. The number of fused-ring (bicyclic) bond motifs is 1. The Labute approximate surface area is 125 Å². The molecule has 0 unspecified atom stereocenters. The lowest BCUT2D eigenvalue weighted by Gasteiger charge is -2.15. The Morgan fingerprint density at radius 1 is 1.52 bits per heavy atom. The molecule has 0 saturated carbocycles. The van der Waals surface area contributed by atoms with Crippen LogP contribution >= 0.6 is 11.3 Å². The van der Waals surface area contributed by atoms with E-state index in [0.717, 1.165) is 11.4 Å². The number of carbonyl (C=O) groups is 1. The van der Waals surface area contributed by atoms with Crippen LogP contribution in [0.2, 0.25) is 0 Å². The third-order valence-electron chi connectivity index (χ3n) is 3.00. The number of aliphatic carboxylic acids is 1. The standard InChI is InChI=1S/C13H18N4O3S/c1-3-10-15-17-11(18)7-9(14-13(17)21-10)8-16(2)6-4-5-12(19)20/h7H,3-6,8H2,1-2H3,(H,19,20). The van der Waals surface area contributed by atoms with Gasteiger partial charge < -0.3 is 10.0 Å². The zero-order valence-corrected chi connectivity index (χ0v) is 12.9. The molecular weight excluding hydrogens is 292 g/mol. The molecule has 0 aromatic carbocycles. The highest BCUT2D eigenvalue weighted by Crippen LogP contribution is 2.12. The van der Waals surface area contributed by atoms with Crippen LogP contribution in [0, 0.1) is 0 Å². The molecule has 2 aromatic heterocycles. The Morgan fingerprint density at radius 2 is 2.29 bits per heavy atom. The Balaban J connectivity index is 2.08. The molecule has 2 aromatic rings. The predicted octanol–water partition coefficient (Wildman–Crippen LogP) is 1.01. The second-order valence-electron chi connectivity index (χ2n) is 4.86. The molecule has 0 bridgehead atoms. The summed E-state index contributed by atoms with van der Waals surface area (Å²) in [7, 11) is 1.88. The van der Waals surface area contributed by atoms with Crippen molar-refractivity contribution < 1.29 is 9.90 Å². The van der Waals surface area contributed by atoms with Crippen molar-refractivity contribution >= 4 is 22.3 Å². The fourth-order valence-corrected chi connectivity index (χ4v) is 2.83. The van der Waals surface area contributed by atoms with Crippen LogP contribution in [0.1, 0.15) is 30.5 Å². The third-order valence-corrected chi connectivity index (χ3v) is 4.06. The Hall–Kier alpha value is -1.80. The fourth-order valence-electron chi connectivity index (χ4n) is 1.98. The largest absolute Gasteiger partial charge is 0.481 e. The van der Waals surface area contributed by atoms with Gasteiger partial charge in [-0.15, -0.1) is 0 Å². The summed E-state index contributed by atoms with van der Waals surface area (Å²) in [5.41, 5.74) is 0.508. The van der Waals surface area contributed by atoms with Crippen molar-refractivity contribution in [2.45, 2.75) is 32.7 Å². The van der Waals surface area contributed by atoms with E-state index >= 15 is 0 Å². The molecule has 8 heteroatoms. The predicted molar refractivity (Wildman–Crippen MR) is 79.7 cm³/mol. The molecule has 0 spiro atoms. The molecule has 0 aliphatic rings. The zero-order chi connectivity index (χ0) is 15.4. The molecule has 0 aliphatic carbocycles. The number of aryl methyl sites for hydroxylation is 1. The topological polar surface area (TPSA) is 87.8 Å². The van der Waals surface area contributed by atoms with E-state index < -0.39 is 5.97 Å². The average molecular weight is 310 g/mol. The van der Waals surface area contributed by atoms with Gasteiger partial charge in [-0.3, -0.25) is 9.59 Å². The van der Waals surface area contributed by atoms with Crippen LogP contribution in [0.5, 0.6) is 0 Å². The van der Waals surface area contributed by atoms with Gasteiger partial charge in [-0.25, -0.2) is 4.98 Å². The molecule has 0 radical (unpaired) electrons. The quantitative estimate of drug-likeness (QED) is 0.821. The van der Waals surface area contributed by atoms with E-state index in [0.29, 0.717) is 30.2 Å². The van der Waals surface area contributed by atoms with Crippen molar-refractivity contribution in [3.63, 3.8) is 0 Å². The number of hydrogen-bond donors (Lipinski definition) is 1. The Bertz CT molecular complexity index is 694. The summed E-state index contributed by atoms with van der Waals surface area (Å²) in [5, 5.41) is 13.7. The van der Waals surface area contributed by atoms with E-state index in [9.17, 15) is 9.59 Å². The molecule has 2 heterocycles. The molecule has 0 amide bonds. The summed E-state index contributed by atoms with van der Waals surface area (Å²) in [6, 6.07) is 1.49. The number of rotatable bonds is 7. The summed E-state index contributed by atoms with van der Waals surface area (Å²) in [5.74, 6) is -0.794. The number of carboxylic acids is 1. The van der Waals surface area contributed by atoms with Gasteiger partial charge >= 0.3 is 5.97 Å². The molecule has 0 aliphatic heterocycles. The first-order valence-electron chi connectivity index (χ1n) is 6.78. The van der Waals surface area contributed by atoms with Crippen molar-refractivity contribution in [2.75, 3.05) is 13.6 Å². The maximum absolute atomic E-state index is 12.0. The van der Waals surface area contributed by atoms with Crippen molar-refractivity contribution in [3.8, 4) is 0 Å². The fraction of sp³-hybridized carbons (Fsp3) is 0.538. The highest BCUT2D eigenvalue weighted by molar-refractivity contribution is 7.16. The highest BCUT2D eigenvalue weighted by Gasteiger charge is 2.10. The van der Waals surface area contributed by atoms with E-state index in [4.69, 9.17) is 5.11 Å². The molecule has 1 N–H and O–H groups in total. The lowest BCUT2D eigenvalue weighted by molar-refractivity contribution is -0.137. The van der Waals surface area contributed by atoms with Crippen LogP contribution in [0.25, 0.3) is 4.96 Å². The second kappa shape index (κ2) is 6.77. The van der Waals surface area contributed by atoms with Crippen LogP contribution < -0.4 is 5.56 Å². The van der Waals surface area contributed by atoms with Crippen molar-refractivity contribution in [2.24, 2.45) is 0 Å². The van der Waals surface area contributed by atoms with E-state index in [1.807, 2.05) is 18.9 Å². The molecule has 0 saturated heterocycles. The summed E-state index contributed by atoms with van der Waals surface area (Å²) in [6.07, 6.45) is 1.50. The van der Waals surface area contributed by atoms with Gasteiger partial charge in [-0.05, 0) is 26.4 Å². The lowest BCUT2D eigenvalue weighted by Crippen LogP contribution is -2.23. The van der Waals surface area contributed by atoms with E-state index in [-0.39, 0.29) is 12.0 Å². The SMILES string of the molecule is CCc1nn2c(=O)cc(CN(C)CCCC(=O)O)nc2s1. The van der Waals surface area contributed by atoms with Gasteiger partial charge in [0.1, 0.15) is 5.01 Å². The molecular formula is C13H18N4O3S. The van der Waals surface area contributed by atoms with Gasteiger partial charge in [0.2, 0.25) is 4.96 Å². The normalized spacial score (nSPS) is 11.4. The second-order valence-corrected chi connectivity index (χ2v) is 5.91. The molecule has 0 fully saturated rings. The van der Waals surface area contributed by atoms with Crippen LogP contribution in [0.15, 0.2) is 10.9 Å². The van der Waals surface area contributed by atoms with E-state index in [1.54, 1.807) is 0 Å². The minimum Gasteiger partial charge on any atom is -0.481 e. The van der Waals surface area contributed by atoms with Gasteiger partial charge in [0.15, 0.2) is 0 Å². The number of hydrogen-bond acceptors (Lipinski definition) is 6. The zero-order valence-electron chi connectivity index (χ0n) is 12.1. The van der Waals surface area contributed by atoms with Crippen LogP contribution in [-0.2, 0) is 17.8 Å². The Morgan fingerprint density at radius 3 is 2.95 bits per heavy atom. The van der Waals surface area contributed by atoms with Gasteiger partial charge in [-0.1, -0.05) is 18.3 Å². The molecule has 0 atom stereocenters. The van der Waals surface area contributed by atoms with Gasteiger partial charge in [0.25, 0.3) is 5.56 Å². The molecule has 2 rings (SSSR count). The first-order valence-corrected chi connectivity index (χ1v) is 7.60. The van der Waals surface area contributed by atoms with Crippen LogP contribution in [0.4, 0.5) is 0 Å². The third kappa shape index (κ3) is 4.08. The first kappa shape index (κ1) is 15.6. The van der Waals surface area contributed by atoms with Crippen LogP contribution in [-0.4, -0.2) is 44.2 Å². The van der Waals surface area contributed by atoms with Crippen molar-refractivity contribution in [1.29, 1.82) is 0 Å². The number of aromatic nitrogens is 3. The first-order chi connectivity index (χ1) is 9.99. The van der Waals surface area contributed by atoms with Gasteiger partial charge in [-0.2, -0.15) is 9.61 Å². The molecule has 114 valence electrons. The maximum Gasteiger partial charge on any atom is 0.303 e. The Kier molecular flexibility index (Phi) is 5.03. The lowest BCUT2D eigenvalue weighted by atomic mass is 10.3. The monoisotopic (exact) mass is 310 g/mol.